The Kier molecular flexibility index (Phi) is 3.16. The number of H-pyrrole nitrogens is 1. The molecule has 3 aromatic heterocycles. The van der Waals surface area contributed by atoms with Crippen molar-refractivity contribution in [2.75, 3.05) is 0 Å². The van der Waals surface area contributed by atoms with Gasteiger partial charge in [0.05, 0.1) is 5.56 Å². The Balaban J connectivity index is 1.85. The van der Waals surface area contributed by atoms with Crippen molar-refractivity contribution in [2.45, 2.75) is 6.18 Å². The average Bonchev–Trinajstić information content (AvgIpc) is 3.22. The Bertz CT molecular complexity index is 1000. The van der Waals surface area contributed by atoms with Crippen LogP contribution in [0.1, 0.15) is 5.56 Å². The third-order valence-corrected chi connectivity index (χ3v) is 3.76. The third kappa shape index (κ3) is 2.44. The number of benzene rings is 1. The molecule has 0 saturated carbocycles. The van der Waals surface area contributed by atoms with Crippen LogP contribution in [-0.4, -0.2) is 19.5 Å². The molecule has 0 saturated heterocycles. The highest BCUT2D eigenvalue weighted by molar-refractivity contribution is 5.84. The van der Waals surface area contributed by atoms with Gasteiger partial charge >= 0.3 is 6.18 Å². The second kappa shape index (κ2) is 5.23. The highest BCUT2D eigenvalue weighted by Crippen LogP contribution is 2.37. The SMILES string of the molecule is FC(F)(F)c1ccccc1-c1cc2ccc(-n3ccnc3)nc2[nH]1. The zero-order valence-electron chi connectivity index (χ0n) is 12.2. The highest BCUT2D eigenvalue weighted by atomic mass is 19.4. The van der Waals surface area contributed by atoms with E-state index in [2.05, 4.69) is 15.0 Å². The summed E-state index contributed by atoms with van der Waals surface area (Å²) in [4.78, 5) is 11.4. The fourth-order valence-electron chi connectivity index (χ4n) is 2.64. The van der Waals surface area contributed by atoms with E-state index in [-0.39, 0.29) is 5.56 Å². The van der Waals surface area contributed by atoms with E-state index in [9.17, 15) is 13.2 Å². The topological polar surface area (TPSA) is 46.5 Å². The average molecular weight is 328 g/mol. The van der Waals surface area contributed by atoms with Gasteiger partial charge in [-0.25, -0.2) is 9.97 Å². The molecular formula is C17H11F3N4. The largest absolute Gasteiger partial charge is 0.417 e. The van der Waals surface area contributed by atoms with Crippen molar-refractivity contribution in [1.82, 2.24) is 19.5 Å². The Morgan fingerprint density at radius 2 is 1.88 bits per heavy atom. The molecule has 120 valence electrons. The summed E-state index contributed by atoms with van der Waals surface area (Å²) in [6, 6.07) is 10.8. The molecule has 0 unspecified atom stereocenters. The number of hydrogen-bond donors (Lipinski definition) is 1. The minimum Gasteiger partial charge on any atom is -0.339 e. The predicted octanol–water partition coefficient (Wildman–Crippen LogP) is 4.43. The van der Waals surface area contributed by atoms with Crippen molar-refractivity contribution < 1.29 is 13.2 Å². The van der Waals surface area contributed by atoms with Gasteiger partial charge in [-0.05, 0) is 24.3 Å². The Hall–Kier alpha value is -3.09. The first-order chi connectivity index (χ1) is 11.5. The molecule has 0 aliphatic rings. The van der Waals surface area contributed by atoms with E-state index >= 15 is 0 Å². The summed E-state index contributed by atoms with van der Waals surface area (Å²) >= 11 is 0. The van der Waals surface area contributed by atoms with Crippen molar-refractivity contribution in [3.8, 4) is 17.1 Å². The van der Waals surface area contributed by atoms with Crippen molar-refractivity contribution in [2.24, 2.45) is 0 Å². The molecule has 0 aliphatic carbocycles. The molecule has 3 heterocycles. The normalized spacial score (nSPS) is 12.0. The summed E-state index contributed by atoms with van der Waals surface area (Å²) in [5, 5.41) is 0.742. The standard InChI is InChI=1S/C17H11F3N4/c18-17(19,20)13-4-2-1-3-12(13)14-9-11-5-6-15(23-16(11)22-14)24-8-7-21-10-24/h1-10H,(H,22,23). The summed E-state index contributed by atoms with van der Waals surface area (Å²) < 4.78 is 41.3. The lowest BCUT2D eigenvalue weighted by Gasteiger charge is -2.11. The number of aromatic amines is 1. The summed E-state index contributed by atoms with van der Waals surface area (Å²) in [5.41, 5.74) is 0.333. The van der Waals surface area contributed by atoms with E-state index in [1.165, 1.54) is 12.1 Å². The van der Waals surface area contributed by atoms with Crippen LogP contribution in [0.3, 0.4) is 0 Å². The lowest BCUT2D eigenvalue weighted by atomic mass is 10.0. The number of nitrogens with zero attached hydrogens (tertiary/aromatic N) is 3. The lowest BCUT2D eigenvalue weighted by molar-refractivity contribution is -0.137. The Labute approximate surface area is 134 Å². The van der Waals surface area contributed by atoms with Gasteiger partial charge in [0, 0.05) is 29.0 Å². The molecule has 24 heavy (non-hydrogen) atoms. The first-order valence-electron chi connectivity index (χ1n) is 7.17. The van der Waals surface area contributed by atoms with Crippen LogP contribution in [0.25, 0.3) is 28.1 Å². The van der Waals surface area contributed by atoms with Gasteiger partial charge in [0.1, 0.15) is 17.8 Å². The van der Waals surface area contributed by atoms with Gasteiger partial charge in [0.2, 0.25) is 0 Å². The van der Waals surface area contributed by atoms with Gasteiger partial charge in [-0.3, -0.25) is 4.57 Å². The van der Waals surface area contributed by atoms with Gasteiger partial charge in [-0.2, -0.15) is 13.2 Å². The van der Waals surface area contributed by atoms with Crippen LogP contribution < -0.4 is 0 Å². The molecule has 4 rings (SSSR count). The molecule has 7 heteroatoms. The van der Waals surface area contributed by atoms with Crippen molar-refractivity contribution >= 4 is 11.0 Å². The fraction of sp³-hybridized carbons (Fsp3) is 0.0588. The van der Waals surface area contributed by atoms with Gasteiger partial charge in [-0.1, -0.05) is 18.2 Å². The van der Waals surface area contributed by atoms with E-state index < -0.39 is 11.7 Å². The van der Waals surface area contributed by atoms with E-state index in [4.69, 9.17) is 0 Å². The number of fused-ring (bicyclic) bond motifs is 1. The number of halogens is 3. The van der Waals surface area contributed by atoms with Crippen LogP contribution in [0.2, 0.25) is 0 Å². The molecule has 4 aromatic rings. The van der Waals surface area contributed by atoms with Crippen LogP contribution in [0.15, 0.2) is 61.2 Å². The van der Waals surface area contributed by atoms with Crippen LogP contribution >= 0.6 is 0 Å². The number of aromatic nitrogens is 4. The van der Waals surface area contributed by atoms with Gasteiger partial charge in [0.25, 0.3) is 0 Å². The molecule has 0 bridgehead atoms. The highest BCUT2D eigenvalue weighted by Gasteiger charge is 2.33. The van der Waals surface area contributed by atoms with Crippen molar-refractivity contribution in [1.29, 1.82) is 0 Å². The van der Waals surface area contributed by atoms with Crippen LogP contribution in [0, 0.1) is 0 Å². The van der Waals surface area contributed by atoms with E-state index in [1.54, 1.807) is 41.5 Å². The summed E-state index contributed by atoms with van der Waals surface area (Å²) in [7, 11) is 0. The second-order valence-corrected chi connectivity index (χ2v) is 5.30. The fourth-order valence-corrected chi connectivity index (χ4v) is 2.64. The van der Waals surface area contributed by atoms with Crippen molar-refractivity contribution in [3.63, 3.8) is 0 Å². The Morgan fingerprint density at radius 3 is 2.62 bits per heavy atom. The first kappa shape index (κ1) is 14.5. The predicted molar refractivity (Wildman–Crippen MR) is 83.7 cm³/mol. The summed E-state index contributed by atoms with van der Waals surface area (Å²) in [6.07, 6.45) is 0.572. The third-order valence-electron chi connectivity index (χ3n) is 3.76. The zero-order chi connectivity index (χ0) is 16.7. The molecule has 0 aliphatic heterocycles. The second-order valence-electron chi connectivity index (χ2n) is 5.30. The molecule has 0 spiro atoms. The number of pyridine rings is 1. The number of imidazole rings is 1. The molecule has 0 fully saturated rings. The van der Waals surface area contributed by atoms with E-state index in [1.807, 2.05) is 6.07 Å². The smallest absolute Gasteiger partial charge is 0.339 e. The molecular weight excluding hydrogens is 317 g/mol. The van der Waals surface area contributed by atoms with Crippen LogP contribution in [0.4, 0.5) is 13.2 Å². The monoisotopic (exact) mass is 328 g/mol. The number of rotatable bonds is 2. The molecule has 0 radical (unpaired) electrons. The molecule has 0 atom stereocenters. The zero-order valence-corrected chi connectivity index (χ0v) is 12.2. The van der Waals surface area contributed by atoms with Crippen LogP contribution in [-0.2, 0) is 6.18 Å². The molecule has 4 nitrogen and oxygen atoms in total. The molecule has 1 aromatic carbocycles. The number of hydrogen-bond acceptors (Lipinski definition) is 2. The molecule has 1 N–H and O–H groups in total. The number of nitrogens with one attached hydrogen (secondary N) is 1. The number of alkyl halides is 3. The van der Waals surface area contributed by atoms with Gasteiger partial charge in [0.15, 0.2) is 0 Å². The van der Waals surface area contributed by atoms with Gasteiger partial charge in [-0.15, -0.1) is 0 Å². The minimum absolute atomic E-state index is 0.104. The van der Waals surface area contributed by atoms with Crippen LogP contribution in [0.5, 0.6) is 0 Å². The maximum absolute atomic E-state index is 13.2. The van der Waals surface area contributed by atoms with E-state index in [0.717, 1.165) is 11.5 Å². The summed E-state index contributed by atoms with van der Waals surface area (Å²) in [5.74, 6) is 0.637. The van der Waals surface area contributed by atoms with Crippen molar-refractivity contribution in [3.05, 3.63) is 66.7 Å². The lowest BCUT2D eigenvalue weighted by Crippen LogP contribution is -2.06. The molecule has 0 amide bonds. The summed E-state index contributed by atoms with van der Waals surface area (Å²) in [6.45, 7) is 0. The maximum Gasteiger partial charge on any atom is 0.417 e. The van der Waals surface area contributed by atoms with Gasteiger partial charge < -0.3 is 4.98 Å². The maximum atomic E-state index is 13.2. The first-order valence-corrected chi connectivity index (χ1v) is 7.17. The quantitative estimate of drug-likeness (QED) is 0.591. The minimum atomic E-state index is -4.41. The Morgan fingerprint density at radius 1 is 1.04 bits per heavy atom. The van der Waals surface area contributed by atoms with E-state index in [0.29, 0.717) is 17.2 Å².